The Kier molecular flexibility index (Phi) is 4.90. The highest BCUT2D eigenvalue weighted by Crippen LogP contribution is 2.24. The van der Waals surface area contributed by atoms with E-state index in [4.69, 9.17) is 0 Å². The minimum Gasteiger partial charge on any atom is -0.325 e. The number of thioether (sulfide) groups is 1. The Balaban J connectivity index is 1.71. The average molecular weight is 343 g/mol. The molecule has 3 rings (SSSR count). The first-order chi connectivity index (χ1) is 11.6. The fraction of sp³-hybridized carbons (Fsp3) is 0.118. The lowest BCUT2D eigenvalue weighted by Gasteiger charge is -2.22. The van der Waals surface area contributed by atoms with E-state index in [1.807, 2.05) is 30.3 Å². The number of halogens is 1. The second-order valence-electron chi connectivity index (χ2n) is 5.11. The van der Waals surface area contributed by atoms with E-state index in [0.29, 0.717) is 16.5 Å². The number of rotatable bonds is 3. The van der Waals surface area contributed by atoms with Crippen molar-refractivity contribution in [1.29, 1.82) is 0 Å². The molecule has 0 saturated carbocycles. The average Bonchev–Trinajstić information content (AvgIpc) is 2.57. The van der Waals surface area contributed by atoms with Crippen LogP contribution in [0.3, 0.4) is 0 Å². The van der Waals surface area contributed by atoms with E-state index in [1.165, 1.54) is 36.0 Å². The maximum Gasteiger partial charge on any atom is 0.238 e. The van der Waals surface area contributed by atoms with E-state index in [0.717, 1.165) is 0 Å². The normalized spacial score (nSPS) is 19.0. The number of anilines is 1. The third-order valence-corrected chi connectivity index (χ3v) is 4.34. The van der Waals surface area contributed by atoms with Gasteiger partial charge in [0.2, 0.25) is 11.8 Å². The van der Waals surface area contributed by atoms with E-state index < -0.39 is 5.25 Å². The van der Waals surface area contributed by atoms with Crippen LogP contribution in [0.15, 0.2) is 59.6 Å². The first-order valence-electron chi connectivity index (χ1n) is 7.27. The second kappa shape index (κ2) is 7.27. The number of amides is 2. The second-order valence-corrected chi connectivity index (χ2v) is 6.30. The maximum atomic E-state index is 12.9. The highest BCUT2D eigenvalue weighted by molar-refractivity contribution is 8.15. The number of carbonyl (C=O) groups is 2. The van der Waals surface area contributed by atoms with Crippen molar-refractivity contribution in [2.24, 2.45) is 4.99 Å². The SMILES string of the molecule is O=C1C[C@H](C(=O)Nc2ccc(F)cc2)SC(=Nc2ccccc2)N1. The Bertz CT molecular complexity index is 778. The van der Waals surface area contributed by atoms with Crippen LogP contribution in [0, 0.1) is 5.82 Å². The van der Waals surface area contributed by atoms with E-state index in [1.54, 1.807) is 0 Å². The third kappa shape index (κ3) is 4.20. The topological polar surface area (TPSA) is 70.6 Å². The lowest BCUT2D eigenvalue weighted by Crippen LogP contribution is -2.41. The Labute approximate surface area is 142 Å². The summed E-state index contributed by atoms with van der Waals surface area (Å²) in [5.74, 6) is -0.957. The molecule has 2 aromatic carbocycles. The molecular formula is C17H14FN3O2S. The number of hydrogen-bond donors (Lipinski definition) is 2. The number of benzene rings is 2. The van der Waals surface area contributed by atoms with Gasteiger partial charge >= 0.3 is 0 Å². The summed E-state index contributed by atoms with van der Waals surface area (Å²) in [6, 6.07) is 14.6. The van der Waals surface area contributed by atoms with Crippen LogP contribution in [-0.4, -0.2) is 22.2 Å². The van der Waals surface area contributed by atoms with Crippen molar-refractivity contribution in [3.8, 4) is 0 Å². The lowest BCUT2D eigenvalue weighted by atomic mass is 10.2. The zero-order valence-corrected chi connectivity index (χ0v) is 13.3. The molecule has 2 N–H and O–H groups in total. The quantitative estimate of drug-likeness (QED) is 0.900. The van der Waals surface area contributed by atoms with E-state index in [9.17, 15) is 14.0 Å². The number of para-hydroxylation sites is 1. The summed E-state index contributed by atoms with van der Waals surface area (Å²) in [6.07, 6.45) is 0.0610. The van der Waals surface area contributed by atoms with Crippen LogP contribution in [0.25, 0.3) is 0 Å². The van der Waals surface area contributed by atoms with Crippen LogP contribution in [0.2, 0.25) is 0 Å². The van der Waals surface area contributed by atoms with Gasteiger partial charge in [0.1, 0.15) is 11.1 Å². The molecule has 24 heavy (non-hydrogen) atoms. The minimum absolute atomic E-state index is 0.0610. The summed E-state index contributed by atoms with van der Waals surface area (Å²) in [6.45, 7) is 0. The number of nitrogens with one attached hydrogen (secondary N) is 2. The van der Waals surface area contributed by atoms with Crippen molar-refractivity contribution in [3.63, 3.8) is 0 Å². The lowest BCUT2D eigenvalue weighted by molar-refractivity contribution is -0.123. The Morgan fingerprint density at radius 3 is 2.58 bits per heavy atom. The van der Waals surface area contributed by atoms with Crippen LogP contribution in [0.5, 0.6) is 0 Å². The summed E-state index contributed by atoms with van der Waals surface area (Å²) in [4.78, 5) is 28.5. The Hall–Kier alpha value is -2.67. The van der Waals surface area contributed by atoms with Gasteiger partial charge in [-0.1, -0.05) is 30.0 Å². The zero-order chi connectivity index (χ0) is 16.9. The van der Waals surface area contributed by atoms with Crippen molar-refractivity contribution < 1.29 is 14.0 Å². The van der Waals surface area contributed by atoms with Crippen LogP contribution in [0.4, 0.5) is 15.8 Å². The molecule has 5 nitrogen and oxygen atoms in total. The zero-order valence-electron chi connectivity index (χ0n) is 12.5. The molecule has 0 aliphatic carbocycles. The van der Waals surface area contributed by atoms with Crippen LogP contribution in [-0.2, 0) is 9.59 Å². The van der Waals surface area contributed by atoms with Gasteiger partial charge in [-0.2, -0.15) is 0 Å². The Morgan fingerprint density at radius 1 is 1.17 bits per heavy atom. The molecule has 0 bridgehead atoms. The monoisotopic (exact) mass is 343 g/mol. The van der Waals surface area contributed by atoms with Gasteiger partial charge in [0.05, 0.1) is 5.69 Å². The highest BCUT2D eigenvalue weighted by Gasteiger charge is 2.30. The molecule has 1 heterocycles. The molecule has 1 saturated heterocycles. The van der Waals surface area contributed by atoms with E-state index >= 15 is 0 Å². The van der Waals surface area contributed by atoms with Crippen molar-refractivity contribution in [3.05, 3.63) is 60.4 Å². The number of amidine groups is 1. The minimum atomic E-state index is -0.591. The molecule has 0 spiro atoms. The van der Waals surface area contributed by atoms with Gasteiger partial charge in [-0.15, -0.1) is 0 Å². The fourth-order valence-corrected chi connectivity index (χ4v) is 3.12. The van der Waals surface area contributed by atoms with Crippen LogP contribution < -0.4 is 10.6 Å². The summed E-state index contributed by atoms with van der Waals surface area (Å²) in [5.41, 5.74) is 1.18. The predicted octanol–water partition coefficient (Wildman–Crippen LogP) is 3.07. The fourth-order valence-electron chi connectivity index (χ4n) is 2.12. The van der Waals surface area contributed by atoms with Crippen molar-refractivity contribution in [2.45, 2.75) is 11.7 Å². The molecule has 1 aliphatic rings. The van der Waals surface area contributed by atoms with Gasteiger partial charge in [0.25, 0.3) is 0 Å². The van der Waals surface area contributed by atoms with E-state index in [-0.39, 0.29) is 24.1 Å². The molecule has 2 aromatic rings. The first-order valence-corrected chi connectivity index (χ1v) is 8.15. The standard InChI is InChI=1S/C17H14FN3O2S/c18-11-6-8-13(9-7-11)19-16(23)14-10-15(22)21-17(24-14)20-12-4-2-1-3-5-12/h1-9,14H,10H2,(H,19,23)(H,20,21,22)/t14-/m1/s1. The molecule has 1 atom stereocenters. The van der Waals surface area contributed by atoms with Gasteiger partial charge in [-0.3, -0.25) is 9.59 Å². The number of aliphatic imine (C=N–C) groups is 1. The predicted molar refractivity (Wildman–Crippen MR) is 92.7 cm³/mol. The maximum absolute atomic E-state index is 12.9. The van der Waals surface area contributed by atoms with Crippen molar-refractivity contribution in [2.75, 3.05) is 5.32 Å². The highest BCUT2D eigenvalue weighted by atomic mass is 32.2. The molecular weight excluding hydrogens is 329 g/mol. The molecule has 1 aliphatic heterocycles. The number of carbonyl (C=O) groups excluding carboxylic acids is 2. The number of hydrogen-bond acceptors (Lipinski definition) is 4. The smallest absolute Gasteiger partial charge is 0.238 e. The molecule has 1 fully saturated rings. The van der Waals surface area contributed by atoms with Crippen molar-refractivity contribution in [1.82, 2.24) is 5.32 Å². The third-order valence-electron chi connectivity index (χ3n) is 3.26. The summed E-state index contributed by atoms with van der Waals surface area (Å²) >= 11 is 1.19. The van der Waals surface area contributed by atoms with Crippen LogP contribution >= 0.6 is 11.8 Å². The summed E-state index contributed by atoms with van der Waals surface area (Å²) in [7, 11) is 0. The van der Waals surface area contributed by atoms with Gasteiger partial charge in [0, 0.05) is 12.1 Å². The summed E-state index contributed by atoms with van der Waals surface area (Å²) < 4.78 is 12.9. The van der Waals surface area contributed by atoms with Crippen molar-refractivity contribution >= 4 is 40.1 Å². The van der Waals surface area contributed by atoms with Gasteiger partial charge in [-0.25, -0.2) is 9.38 Å². The molecule has 0 unspecified atom stereocenters. The van der Waals surface area contributed by atoms with Gasteiger partial charge < -0.3 is 10.6 Å². The summed E-state index contributed by atoms with van der Waals surface area (Å²) in [5, 5.41) is 5.14. The largest absolute Gasteiger partial charge is 0.325 e. The van der Waals surface area contributed by atoms with Gasteiger partial charge in [0.15, 0.2) is 5.17 Å². The first kappa shape index (κ1) is 16.2. The Morgan fingerprint density at radius 2 is 1.88 bits per heavy atom. The molecule has 122 valence electrons. The van der Waals surface area contributed by atoms with Crippen LogP contribution in [0.1, 0.15) is 6.42 Å². The van der Waals surface area contributed by atoms with E-state index in [2.05, 4.69) is 15.6 Å². The molecule has 0 radical (unpaired) electrons. The molecule has 7 heteroatoms. The molecule has 0 aromatic heterocycles. The molecule has 2 amide bonds. The van der Waals surface area contributed by atoms with Gasteiger partial charge in [-0.05, 0) is 36.4 Å². The number of nitrogens with zero attached hydrogens (tertiary/aromatic N) is 1.